The van der Waals surface area contributed by atoms with Crippen LogP contribution in [0, 0.1) is 5.82 Å². The molecule has 11 heteroatoms. The summed E-state index contributed by atoms with van der Waals surface area (Å²) in [6.45, 7) is 1.19. The fourth-order valence-electron chi connectivity index (χ4n) is 3.33. The molecule has 3 aromatic rings. The number of methoxy groups -OCH3 is 2. The van der Waals surface area contributed by atoms with Crippen molar-refractivity contribution in [2.75, 3.05) is 26.1 Å². The third kappa shape index (κ3) is 8.85. The molecule has 10 nitrogen and oxygen atoms in total. The van der Waals surface area contributed by atoms with Crippen molar-refractivity contribution in [3.8, 4) is 17.2 Å². The van der Waals surface area contributed by atoms with E-state index in [1.165, 1.54) is 31.5 Å². The number of carbonyl (C=O) groups excluding carboxylic acids is 3. The van der Waals surface area contributed by atoms with Gasteiger partial charge in [0.25, 0.3) is 11.8 Å². The van der Waals surface area contributed by atoms with E-state index in [4.69, 9.17) is 14.2 Å². The first-order valence-corrected chi connectivity index (χ1v) is 11.9. The van der Waals surface area contributed by atoms with Crippen LogP contribution in [0.4, 0.5) is 10.1 Å². The Morgan fingerprint density at radius 1 is 0.949 bits per heavy atom. The molecule has 3 aromatic carbocycles. The zero-order chi connectivity index (χ0) is 28.2. The molecule has 3 rings (SSSR count). The minimum absolute atomic E-state index is 0.0535. The van der Waals surface area contributed by atoms with Crippen molar-refractivity contribution in [2.24, 2.45) is 5.10 Å². The highest BCUT2D eigenvalue weighted by atomic mass is 19.1. The first-order chi connectivity index (χ1) is 18.8. The van der Waals surface area contributed by atoms with Gasteiger partial charge in [-0.25, -0.2) is 9.82 Å². The summed E-state index contributed by atoms with van der Waals surface area (Å²) in [4.78, 5) is 36.7. The van der Waals surface area contributed by atoms with Crippen molar-refractivity contribution in [1.82, 2.24) is 10.7 Å². The van der Waals surface area contributed by atoms with Gasteiger partial charge in [0.05, 0.1) is 32.5 Å². The number of carbonyl (C=O) groups is 3. The molecule has 204 valence electrons. The highest BCUT2D eigenvalue weighted by Crippen LogP contribution is 2.27. The Balaban J connectivity index is 1.47. The van der Waals surface area contributed by atoms with Crippen molar-refractivity contribution in [1.29, 1.82) is 0 Å². The zero-order valence-corrected chi connectivity index (χ0v) is 21.7. The van der Waals surface area contributed by atoms with Crippen molar-refractivity contribution in [2.45, 2.75) is 19.4 Å². The molecular weight excluding hydrogens is 507 g/mol. The van der Waals surface area contributed by atoms with E-state index in [0.717, 1.165) is 5.56 Å². The number of hydrogen-bond donors (Lipinski definition) is 3. The van der Waals surface area contributed by atoms with E-state index < -0.39 is 23.7 Å². The summed E-state index contributed by atoms with van der Waals surface area (Å²) in [5.74, 6) is -0.602. The number of nitrogens with zero attached hydrogens (tertiary/aromatic N) is 1. The average Bonchev–Trinajstić information content (AvgIpc) is 2.93. The summed E-state index contributed by atoms with van der Waals surface area (Å²) < 4.78 is 29.6. The number of amides is 3. The zero-order valence-electron chi connectivity index (χ0n) is 21.7. The van der Waals surface area contributed by atoms with Crippen LogP contribution in [-0.4, -0.2) is 50.8 Å². The summed E-state index contributed by atoms with van der Waals surface area (Å²) in [6, 6.07) is 16.9. The lowest BCUT2D eigenvalue weighted by Crippen LogP contribution is -2.43. The molecule has 0 aromatic heterocycles. The largest absolute Gasteiger partial charge is 0.497 e. The summed E-state index contributed by atoms with van der Waals surface area (Å²) in [5.41, 5.74) is 3.79. The lowest BCUT2D eigenvalue weighted by atomic mass is 10.1. The van der Waals surface area contributed by atoms with Crippen LogP contribution in [0.2, 0.25) is 0 Å². The standard InChI is InChI=1S/C28H29FN4O6/c1-18(31-26(34)15-19-8-11-21(37-2)12-9-19)28(36)33-30-16-20-10-13-24(25(14-20)38-3)39-17-27(35)32-23-7-5-4-6-22(23)29/h4-14,16,18H,15,17H2,1-3H3,(H,31,34)(H,32,35)(H,33,36). The molecule has 0 saturated carbocycles. The fraction of sp³-hybridized carbons (Fsp3) is 0.214. The molecule has 0 heterocycles. The fourth-order valence-corrected chi connectivity index (χ4v) is 3.33. The van der Waals surface area contributed by atoms with E-state index >= 15 is 0 Å². The predicted octanol–water partition coefficient (Wildman–Crippen LogP) is 3.06. The third-order valence-corrected chi connectivity index (χ3v) is 5.38. The summed E-state index contributed by atoms with van der Waals surface area (Å²) in [6.07, 6.45) is 1.50. The Morgan fingerprint density at radius 3 is 2.38 bits per heavy atom. The van der Waals surface area contributed by atoms with Crippen LogP contribution in [0.5, 0.6) is 17.2 Å². The molecule has 1 unspecified atom stereocenters. The number of ether oxygens (including phenoxy) is 3. The smallest absolute Gasteiger partial charge is 0.262 e. The van der Waals surface area contributed by atoms with E-state index in [1.807, 2.05) is 0 Å². The van der Waals surface area contributed by atoms with Crippen molar-refractivity contribution in [3.63, 3.8) is 0 Å². The number of hydrazone groups is 1. The third-order valence-electron chi connectivity index (χ3n) is 5.38. The van der Waals surface area contributed by atoms with Crippen LogP contribution in [-0.2, 0) is 20.8 Å². The molecular formula is C28H29FN4O6. The Hall–Kier alpha value is -4.93. The highest BCUT2D eigenvalue weighted by Gasteiger charge is 2.15. The number of halogens is 1. The van der Waals surface area contributed by atoms with E-state index in [-0.39, 0.29) is 30.4 Å². The van der Waals surface area contributed by atoms with Crippen LogP contribution in [0.25, 0.3) is 0 Å². The molecule has 0 bridgehead atoms. The first kappa shape index (κ1) is 28.6. The van der Waals surface area contributed by atoms with Gasteiger partial charge in [-0.3, -0.25) is 14.4 Å². The number of rotatable bonds is 12. The Kier molecular flexibility index (Phi) is 10.4. The highest BCUT2D eigenvalue weighted by molar-refractivity contribution is 5.92. The maximum atomic E-state index is 13.7. The second kappa shape index (κ2) is 14.1. The molecule has 0 spiro atoms. The predicted molar refractivity (Wildman–Crippen MR) is 144 cm³/mol. The topological polar surface area (TPSA) is 127 Å². The molecule has 0 aliphatic heterocycles. The molecule has 3 N–H and O–H groups in total. The number of hydrogen-bond acceptors (Lipinski definition) is 7. The molecule has 0 saturated heterocycles. The van der Waals surface area contributed by atoms with Crippen molar-refractivity contribution in [3.05, 3.63) is 83.7 Å². The van der Waals surface area contributed by atoms with Gasteiger partial charge in [0.15, 0.2) is 18.1 Å². The van der Waals surface area contributed by atoms with Crippen LogP contribution in [0.3, 0.4) is 0 Å². The van der Waals surface area contributed by atoms with Crippen LogP contribution in [0.1, 0.15) is 18.1 Å². The van der Waals surface area contributed by atoms with Crippen LogP contribution in [0.15, 0.2) is 71.8 Å². The number of para-hydroxylation sites is 1. The molecule has 0 aliphatic rings. The molecule has 0 aliphatic carbocycles. The van der Waals surface area contributed by atoms with Crippen LogP contribution >= 0.6 is 0 Å². The molecule has 0 fully saturated rings. The quantitative estimate of drug-likeness (QED) is 0.241. The van der Waals surface area contributed by atoms with E-state index in [0.29, 0.717) is 17.1 Å². The number of nitrogens with one attached hydrogen (secondary N) is 3. The van der Waals surface area contributed by atoms with Crippen molar-refractivity contribution >= 4 is 29.6 Å². The Labute approximate surface area is 225 Å². The SMILES string of the molecule is COc1ccc(CC(=O)NC(C)C(=O)NN=Cc2ccc(OCC(=O)Nc3ccccc3F)c(OC)c2)cc1. The summed E-state index contributed by atoms with van der Waals surface area (Å²) in [7, 11) is 2.99. The normalized spacial score (nSPS) is 11.4. The van der Waals surface area contributed by atoms with E-state index in [1.54, 1.807) is 62.6 Å². The van der Waals surface area contributed by atoms with E-state index in [9.17, 15) is 18.8 Å². The lowest BCUT2D eigenvalue weighted by Gasteiger charge is -2.13. The van der Waals surface area contributed by atoms with Gasteiger partial charge >= 0.3 is 0 Å². The van der Waals surface area contributed by atoms with Gasteiger partial charge in [-0.1, -0.05) is 24.3 Å². The minimum atomic E-state index is -0.811. The van der Waals surface area contributed by atoms with Gasteiger partial charge in [0.2, 0.25) is 5.91 Å². The van der Waals surface area contributed by atoms with Gasteiger partial charge in [0.1, 0.15) is 17.6 Å². The second-order valence-electron chi connectivity index (χ2n) is 8.28. The van der Waals surface area contributed by atoms with Gasteiger partial charge < -0.3 is 24.8 Å². The van der Waals surface area contributed by atoms with Gasteiger partial charge in [0, 0.05) is 0 Å². The van der Waals surface area contributed by atoms with E-state index in [2.05, 4.69) is 21.2 Å². The maximum Gasteiger partial charge on any atom is 0.262 e. The average molecular weight is 537 g/mol. The van der Waals surface area contributed by atoms with Gasteiger partial charge in [-0.15, -0.1) is 0 Å². The maximum absolute atomic E-state index is 13.7. The molecule has 39 heavy (non-hydrogen) atoms. The van der Waals surface area contributed by atoms with Crippen molar-refractivity contribution < 1.29 is 33.0 Å². The first-order valence-electron chi connectivity index (χ1n) is 11.9. The minimum Gasteiger partial charge on any atom is -0.497 e. The Morgan fingerprint density at radius 2 is 1.69 bits per heavy atom. The summed E-state index contributed by atoms with van der Waals surface area (Å²) in [5, 5.41) is 8.98. The molecule has 0 radical (unpaired) electrons. The second-order valence-corrected chi connectivity index (χ2v) is 8.28. The molecule has 1 atom stereocenters. The lowest BCUT2D eigenvalue weighted by molar-refractivity contribution is -0.128. The monoisotopic (exact) mass is 536 g/mol. The molecule has 3 amide bonds. The van der Waals surface area contributed by atoms with Gasteiger partial charge in [-0.2, -0.15) is 5.10 Å². The van der Waals surface area contributed by atoms with Gasteiger partial charge in [-0.05, 0) is 60.5 Å². The summed E-state index contributed by atoms with van der Waals surface area (Å²) >= 11 is 0. The number of anilines is 1. The van der Waals surface area contributed by atoms with Crippen LogP contribution < -0.4 is 30.3 Å². The number of benzene rings is 3. The Bertz CT molecular complexity index is 1330.